The molecule has 0 saturated carbocycles. The molecule has 2 rings (SSSR count). The molecule has 16 heavy (non-hydrogen) atoms. The number of ether oxygens (including phenoxy) is 2. The second-order valence-corrected chi connectivity index (χ2v) is 4.88. The zero-order chi connectivity index (χ0) is 11.2. The van der Waals surface area contributed by atoms with Gasteiger partial charge in [0.2, 0.25) is 0 Å². The Morgan fingerprint density at radius 1 is 1.06 bits per heavy atom. The van der Waals surface area contributed by atoms with Gasteiger partial charge in [0, 0.05) is 32.2 Å². The van der Waals surface area contributed by atoms with Crippen LogP contribution in [0, 0.1) is 5.92 Å². The number of hydrogen-bond donors (Lipinski definition) is 0. The molecule has 2 aliphatic rings. The van der Waals surface area contributed by atoms with Crippen molar-refractivity contribution < 1.29 is 14.3 Å². The third-order valence-corrected chi connectivity index (χ3v) is 3.66. The molecular weight excluding hydrogens is 204 g/mol. The first-order chi connectivity index (χ1) is 7.86. The maximum Gasteiger partial charge on any atom is 0.136 e. The van der Waals surface area contributed by atoms with E-state index in [-0.39, 0.29) is 5.92 Å². The summed E-state index contributed by atoms with van der Waals surface area (Å²) < 4.78 is 10.9. The fraction of sp³-hybridized carbons (Fsp3) is 0.923. The van der Waals surface area contributed by atoms with Crippen LogP contribution in [0.4, 0.5) is 0 Å². The summed E-state index contributed by atoms with van der Waals surface area (Å²) in [5, 5.41) is 0. The Morgan fingerprint density at radius 3 is 2.56 bits per heavy atom. The van der Waals surface area contributed by atoms with Gasteiger partial charge in [-0.25, -0.2) is 0 Å². The number of Topliss-reactive ketones (excluding diaryl/α,β-unsaturated/α-hetero) is 1. The molecule has 0 aromatic heterocycles. The summed E-state index contributed by atoms with van der Waals surface area (Å²) in [5.74, 6) is 0.690. The smallest absolute Gasteiger partial charge is 0.136 e. The monoisotopic (exact) mass is 226 g/mol. The van der Waals surface area contributed by atoms with Crippen molar-refractivity contribution in [1.29, 1.82) is 0 Å². The number of ketones is 1. The van der Waals surface area contributed by atoms with Gasteiger partial charge in [0.05, 0.1) is 6.10 Å². The highest BCUT2D eigenvalue weighted by Crippen LogP contribution is 2.21. The van der Waals surface area contributed by atoms with E-state index in [1.165, 1.54) is 12.8 Å². The van der Waals surface area contributed by atoms with Crippen molar-refractivity contribution in [3.8, 4) is 0 Å². The van der Waals surface area contributed by atoms with Crippen molar-refractivity contribution in [3.63, 3.8) is 0 Å². The molecule has 2 fully saturated rings. The molecule has 0 aromatic rings. The minimum Gasteiger partial charge on any atom is -0.381 e. The molecule has 0 bridgehead atoms. The van der Waals surface area contributed by atoms with Crippen LogP contribution in [0.1, 0.15) is 44.9 Å². The van der Waals surface area contributed by atoms with Crippen LogP contribution in [0.25, 0.3) is 0 Å². The summed E-state index contributed by atoms with van der Waals surface area (Å²) >= 11 is 0. The molecule has 2 saturated heterocycles. The molecule has 1 atom stereocenters. The van der Waals surface area contributed by atoms with Gasteiger partial charge in [0.15, 0.2) is 0 Å². The first kappa shape index (κ1) is 12.1. The van der Waals surface area contributed by atoms with Crippen molar-refractivity contribution in [2.45, 2.75) is 51.0 Å². The fourth-order valence-electron chi connectivity index (χ4n) is 2.56. The predicted molar refractivity (Wildman–Crippen MR) is 61.4 cm³/mol. The molecule has 2 aliphatic heterocycles. The van der Waals surface area contributed by atoms with Crippen LogP contribution in [-0.2, 0) is 14.3 Å². The third kappa shape index (κ3) is 3.56. The second kappa shape index (κ2) is 6.36. The van der Waals surface area contributed by atoms with Crippen LogP contribution in [-0.4, -0.2) is 31.7 Å². The molecule has 3 nitrogen and oxygen atoms in total. The van der Waals surface area contributed by atoms with E-state index in [1.807, 2.05) is 0 Å². The Hall–Kier alpha value is -0.410. The van der Waals surface area contributed by atoms with E-state index in [2.05, 4.69) is 0 Å². The number of hydrogen-bond acceptors (Lipinski definition) is 3. The third-order valence-electron chi connectivity index (χ3n) is 3.66. The molecule has 0 aliphatic carbocycles. The largest absolute Gasteiger partial charge is 0.381 e. The predicted octanol–water partition coefficient (Wildman–Crippen LogP) is 2.33. The van der Waals surface area contributed by atoms with Gasteiger partial charge in [-0.1, -0.05) is 0 Å². The molecule has 3 heteroatoms. The highest BCUT2D eigenvalue weighted by Gasteiger charge is 2.22. The van der Waals surface area contributed by atoms with Gasteiger partial charge >= 0.3 is 0 Å². The van der Waals surface area contributed by atoms with E-state index < -0.39 is 0 Å². The van der Waals surface area contributed by atoms with Gasteiger partial charge in [-0.3, -0.25) is 4.79 Å². The lowest BCUT2D eigenvalue weighted by molar-refractivity contribution is -0.126. The Bertz CT molecular complexity index is 215. The quantitative estimate of drug-likeness (QED) is 0.738. The van der Waals surface area contributed by atoms with Crippen LogP contribution in [0.3, 0.4) is 0 Å². The Balaban J connectivity index is 1.65. The minimum absolute atomic E-state index is 0.261. The first-order valence-electron chi connectivity index (χ1n) is 6.58. The topological polar surface area (TPSA) is 35.5 Å². The Morgan fingerprint density at radius 2 is 1.88 bits per heavy atom. The maximum absolute atomic E-state index is 11.9. The summed E-state index contributed by atoms with van der Waals surface area (Å²) in [6, 6.07) is 0. The van der Waals surface area contributed by atoms with Gasteiger partial charge in [-0.2, -0.15) is 0 Å². The number of rotatable bonds is 4. The minimum atomic E-state index is 0.261. The molecule has 0 spiro atoms. The average molecular weight is 226 g/mol. The fourth-order valence-corrected chi connectivity index (χ4v) is 2.56. The molecule has 92 valence electrons. The molecular formula is C13H22O3. The zero-order valence-corrected chi connectivity index (χ0v) is 9.95. The Labute approximate surface area is 97.5 Å². The zero-order valence-electron chi connectivity index (χ0n) is 9.95. The lowest BCUT2D eigenvalue weighted by Crippen LogP contribution is -2.25. The van der Waals surface area contributed by atoms with E-state index in [0.717, 1.165) is 45.5 Å². The summed E-state index contributed by atoms with van der Waals surface area (Å²) in [5.41, 5.74) is 0. The van der Waals surface area contributed by atoms with Crippen LogP contribution in [0.2, 0.25) is 0 Å². The highest BCUT2D eigenvalue weighted by atomic mass is 16.5. The van der Waals surface area contributed by atoms with Gasteiger partial charge in [-0.05, 0) is 38.5 Å². The van der Waals surface area contributed by atoms with Crippen molar-refractivity contribution in [2.24, 2.45) is 5.92 Å². The second-order valence-electron chi connectivity index (χ2n) is 4.88. The number of carbonyl (C=O) groups is 1. The standard InChI is InChI=1S/C13H22O3/c14-13(11-6-9-15-10-7-11)5-4-12-3-1-2-8-16-12/h11-12H,1-10H2. The van der Waals surface area contributed by atoms with E-state index in [1.54, 1.807) is 0 Å². The van der Waals surface area contributed by atoms with Crippen LogP contribution in [0.15, 0.2) is 0 Å². The first-order valence-corrected chi connectivity index (χ1v) is 6.58. The van der Waals surface area contributed by atoms with Gasteiger partial charge in [0.1, 0.15) is 5.78 Å². The van der Waals surface area contributed by atoms with Crippen LogP contribution < -0.4 is 0 Å². The molecule has 1 unspecified atom stereocenters. The van der Waals surface area contributed by atoms with Crippen molar-refractivity contribution in [2.75, 3.05) is 19.8 Å². The SMILES string of the molecule is O=C(CCC1CCCCO1)C1CCOCC1. The average Bonchev–Trinajstić information content (AvgIpc) is 2.38. The van der Waals surface area contributed by atoms with Gasteiger partial charge in [0.25, 0.3) is 0 Å². The lowest BCUT2D eigenvalue weighted by Gasteiger charge is -2.24. The van der Waals surface area contributed by atoms with Gasteiger partial charge < -0.3 is 9.47 Å². The summed E-state index contributed by atoms with van der Waals surface area (Å²) in [7, 11) is 0. The molecule has 2 heterocycles. The van der Waals surface area contributed by atoms with Crippen molar-refractivity contribution in [3.05, 3.63) is 0 Å². The van der Waals surface area contributed by atoms with E-state index >= 15 is 0 Å². The molecule has 0 N–H and O–H groups in total. The normalized spacial score (nSPS) is 27.9. The van der Waals surface area contributed by atoms with E-state index in [9.17, 15) is 4.79 Å². The van der Waals surface area contributed by atoms with Crippen molar-refractivity contribution in [1.82, 2.24) is 0 Å². The molecule has 0 amide bonds. The molecule has 0 radical (unpaired) electrons. The summed E-state index contributed by atoms with van der Waals surface area (Å²) in [6.45, 7) is 2.41. The number of carbonyl (C=O) groups excluding carboxylic acids is 1. The summed E-state index contributed by atoms with van der Waals surface area (Å²) in [4.78, 5) is 11.9. The Kier molecular flexibility index (Phi) is 4.79. The van der Waals surface area contributed by atoms with Crippen molar-refractivity contribution >= 4 is 5.78 Å². The van der Waals surface area contributed by atoms with E-state index in [4.69, 9.17) is 9.47 Å². The summed E-state index contributed by atoms with van der Waals surface area (Å²) in [6.07, 6.45) is 7.40. The van der Waals surface area contributed by atoms with Gasteiger partial charge in [-0.15, -0.1) is 0 Å². The lowest BCUT2D eigenvalue weighted by atomic mass is 9.91. The van der Waals surface area contributed by atoms with Crippen LogP contribution >= 0.6 is 0 Å². The highest BCUT2D eigenvalue weighted by molar-refractivity contribution is 5.81. The molecule has 0 aromatic carbocycles. The van der Waals surface area contributed by atoms with E-state index in [0.29, 0.717) is 18.3 Å². The maximum atomic E-state index is 11.9. The van der Waals surface area contributed by atoms with Crippen LogP contribution in [0.5, 0.6) is 0 Å².